The van der Waals surface area contributed by atoms with Gasteiger partial charge in [0.25, 0.3) is 5.91 Å². The number of likely N-dealkylation sites (tertiary alicyclic amines) is 1. The van der Waals surface area contributed by atoms with Crippen LogP contribution >= 0.6 is 0 Å². The van der Waals surface area contributed by atoms with Crippen LogP contribution in [0.5, 0.6) is 0 Å². The number of aryl methyl sites for hydroxylation is 1. The summed E-state index contributed by atoms with van der Waals surface area (Å²) in [5.41, 5.74) is 2.04. The molecule has 0 bridgehead atoms. The molecule has 2 N–H and O–H groups in total. The lowest BCUT2D eigenvalue weighted by atomic mass is 10.1. The van der Waals surface area contributed by atoms with Gasteiger partial charge in [0.1, 0.15) is 5.69 Å². The summed E-state index contributed by atoms with van der Waals surface area (Å²) in [5.74, 6) is 0.129. The van der Waals surface area contributed by atoms with Crippen molar-refractivity contribution in [3.05, 3.63) is 47.8 Å². The molecule has 0 saturated carbocycles. The van der Waals surface area contributed by atoms with Gasteiger partial charge >= 0.3 is 6.09 Å². The van der Waals surface area contributed by atoms with E-state index in [9.17, 15) is 9.59 Å². The van der Waals surface area contributed by atoms with Crippen molar-refractivity contribution in [3.8, 4) is 0 Å². The second kappa shape index (κ2) is 9.16. The second-order valence-electron chi connectivity index (χ2n) is 6.64. The first kappa shape index (κ1) is 19.6. The smallest absolute Gasteiger partial charge is 0.409 e. The Morgan fingerprint density at radius 3 is 2.68 bits per heavy atom. The minimum atomic E-state index is -0.281. The van der Waals surface area contributed by atoms with Gasteiger partial charge in [-0.1, -0.05) is 18.2 Å². The summed E-state index contributed by atoms with van der Waals surface area (Å²) in [6, 6.07) is 9.31. The fourth-order valence-corrected chi connectivity index (χ4v) is 3.06. The lowest BCUT2D eigenvalue weighted by Crippen LogP contribution is -2.42. The van der Waals surface area contributed by atoms with Crippen LogP contribution in [0.1, 0.15) is 35.8 Å². The summed E-state index contributed by atoms with van der Waals surface area (Å²) in [6.07, 6.45) is 2.83. The van der Waals surface area contributed by atoms with Gasteiger partial charge in [-0.25, -0.2) is 14.8 Å². The molecular weight excluding hydrogens is 358 g/mol. The second-order valence-corrected chi connectivity index (χ2v) is 6.64. The monoisotopic (exact) mass is 383 g/mol. The van der Waals surface area contributed by atoms with Crippen molar-refractivity contribution in [3.63, 3.8) is 0 Å². The number of para-hydroxylation sites is 1. The van der Waals surface area contributed by atoms with Crippen LogP contribution in [-0.4, -0.2) is 52.6 Å². The normalized spacial score (nSPS) is 14.4. The van der Waals surface area contributed by atoms with Crippen LogP contribution in [0.15, 0.2) is 36.5 Å². The maximum atomic E-state index is 12.5. The van der Waals surface area contributed by atoms with E-state index in [4.69, 9.17) is 4.74 Å². The van der Waals surface area contributed by atoms with Crippen molar-refractivity contribution in [2.75, 3.05) is 30.3 Å². The Kier molecular flexibility index (Phi) is 6.41. The molecule has 2 heterocycles. The van der Waals surface area contributed by atoms with Crippen molar-refractivity contribution in [2.45, 2.75) is 32.7 Å². The minimum absolute atomic E-state index is 0.139. The van der Waals surface area contributed by atoms with E-state index in [1.54, 1.807) is 24.1 Å². The molecular formula is C20H25N5O3. The third-order valence-corrected chi connectivity index (χ3v) is 4.64. The molecule has 2 amide bonds. The molecule has 0 radical (unpaired) electrons. The first-order valence-corrected chi connectivity index (χ1v) is 9.45. The Labute approximate surface area is 164 Å². The average molecular weight is 383 g/mol. The molecule has 0 unspecified atom stereocenters. The van der Waals surface area contributed by atoms with Gasteiger partial charge in [-0.05, 0) is 44.4 Å². The van der Waals surface area contributed by atoms with Crippen LogP contribution in [0.2, 0.25) is 0 Å². The summed E-state index contributed by atoms with van der Waals surface area (Å²) in [5, 5.41) is 6.13. The molecule has 28 heavy (non-hydrogen) atoms. The fraction of sp³-hybridized carbons (Fsp3) is 0.400. The SMILES string of the molecule is CCOC(=O)N1CCC(Nc2nccc(C(=O)Nc3ccccc3C)n2)CC1. The molecule has 1 aromatic heterocycles. The number of hydrogen-bond donors (Lipinski definition) is 2. The molecule has 1 aliphatic rings. The largest absolute Gasteiger partial charge is 0.450 e. The molecule has 8 nitrogen and oxygen atoms in total. The van der Waals surface area contributed by atoms with E-state index in [0.717, 1.165) is 24.1 Å². The van der Waals surface area contributed by atoms with Crippen LogP contribution in [-0.2, 0) is 4.74 Å². The lowest BCUT2D eigenvalue weighted by Gasteiger charge is -2.31. The highest BCUT2D eigenvalue weighted by Crippen LogP contribution is 2.17. The van der Waals surface area contributed by atoms with Crippen molar-refractivity contribution in [1.29, 1.82) is 0 Å². The van der Waals surface area contributed by atoms with Gasteiger partial charge in [0.05, 0.1) is 6.61 Å². The van der Waals surface area contributed by atoms with E-state index in [-0.39, 0.29) is 18.0 Å². The van der Waals surface area contributed by atoms with Gasteiger partial charge in [-0.2, -0.15) is 0 Å². The number of hydrogen-bond acceptors (Lipinski definition) is 6. The Bertz CT molecular complexity index is 834. The molecule has 0 atom stereocenters. The van der Waals surface area contributed by atoms with E-state index in [1.807, 2.05) is 31.2 Å². The molecule has 1 aliphatic heterocycles. The number of carbonyl (C=O) groups is 2. The zero-order chi connectivity index (χ0) is 19.9. The predicted octanol–water partition coefficient (Wildman–Crippen LogP) is 3.07. The van der Waals surface area contributed by atoms with Crippen LogP contribution in [0, 0.1) is 6.92 Å². The third kappa shape index (κ3) is 4.97. The minimum Gasteiger partial charge on any atom is -0.450 e. The van der Waals surface area contributed by atoms with E-state index in [0.29, 0.717) is 31.3 Å². The summed E-state index contributed by atoms with van der Waals surface area (Å²) in [4.78, 5) is 34.5. The van der Waals surface area contributed by atoms with Gasteiger partial charge in [0.2, 0.25) is 5.95 Å². The average Bonchev–Trinajstić information content (AvgIpc) is 2.70. The number of amides is 2. The number of nitrogens with one attached hydrogen (secondary N) is 2. The molecule has 3 rings (SSSR count). The lowest BCUT2D eigenvalue weighted by molar-refractivity contribution is 0.0980. The fourth-order valence-electron chi connectivity index (χ4n) is 3.06. The van der Waals surface area contributed by atoms with Gasteiger partial charge in [-0.3, -0.25) is 4.79 Å². The number of rotatable bonds is 5. The summed E-state index contributed by atoms with van der Waals surface area (Å²) in [7, 11) is 0. The van der Waals surface area contributed by atoms with E-state index in [1.165, 1.54) is 0 Å². The topological polar surface area (TPSA) is 96.5 Å². The van der Waals surface area contributed by atoms with Crippen LogP contribution < -0.4 is 10.6 Å². The zero-order valence-electron chi connectivity index (χ0n) is 16.1. The first-order chi connectivity index (χ1) is 13.6. The Hall–Kier alpha value is -3.16. The number of piperidine rings is 1. The third-order valence-electron chi connectivity index (χ3n) is 4.64. The zero-order valence-corrected chi connectivity index (χ0v) is 16.1. The van der Waals surface area contributed by atoms with Crippen molar-refractivity contribution in [1.82, 2.24) is 14.9 Å². The van der Waals surface area contributed by atoms with E-state index < -0.39 is 0 Å². The molecule has 2 aromatic rings. The molecule has 1 saturated heterocycles. The molecule has 0 spiro atoms. The molecule has 0 aliphatic carbocycles. The number of ether oxygens (including phenoxy) is 1. The standard InChI is InChI=1S/C20H25N5O3/c1-3-28-20(27)25-12-9-15(10-13-25)22-19-21-11-8-17(24-19)18(26)23-16-7-5-4-6-14(16)2/h4-8,11,15H,3,9-10,12-13H2,1-2H3,(H,23,26)(H,21,22,24). The quantitative estimate of drug-likeness (QED) is 0.824. The molecule has 8 heteroatoms. The van der Waals surface area contributed by atoms with E-state index in [2.05, 4.69) is 20.6 Å². The van der Waals surface area contributed by atoms with Crippen LogP contribution in [0.25, 0.3) is 0 Å². The molecule has 1 aromatic carbocycles. The highest BCUT2D eigenvalue weighted by molar-refractivity contribution is 6.03. The van der Waals surface area contributed by atoms with Gasteiger partial charge in [0, 0.05) is 31.0 Å². The number of carbonyl (C=O) groups excluding carboxylic acids is 2. The summed E-state index contributed by atoms with van der Waals surface area (Å²) < 4.78 is 5.03. The summed E-state index contributed by atoms with van der Waals surface area (Å²) >= 11 is 0. The number of nitrogens with zero attached hydrogens (tertiary/aromatic N) is 3. The number of benzene rings is 1. The van der Waals surface area contributed by atoms with Gasteiger partial charge < -0.3 is 20.3 Å². The highest BCUT2D eigenvalue weighted by atomic mass is 16.6. The summed E-state index contributed by atoms with van der Waals surface area (Å²) in [6.45, 7) is 5.34. The Morgan fingerprint density at radius 1 is 1.21 bits per heavy atom. The maximum absolute atomic E-state index is 12.5. The van der Waals surface area contributed by atoms with Crippen LogP contribution in [0.3, 0.4) is 0 Å². The van der Waals surface area contributed by atoms with Crippen molar-refractivity contribution >= 4 is 23.6 Å². The molecule has 1 fully saturated rings. The van der Waals surface area contributed by atoms with E-state index >= 15 is 0 Å². The number of anilines is 2. The van der Waals surface area contributed by atoms with Gasteiger partial charge in [0.15, 0.2) is 0 Å². The Morgan fingerprint density at radius 2 is 1.96 bits per heavy atom. The molecule has 148 valence electrons. The van der Waals surface area contributed by atoms with Crippen molar-refractivity contribution in [2.24, 2.45) is 0 Å². The Balaban J connectivity index is 1.57. The van der Waals surface area contributed by atoms with Crippen molar-refractivity contribution < 1.29 is 14.3 Å². The number of aromatic nitrogens is 2. The highest BCUT2D eigenvalue weighted by Gasteiger charge is 2.24. The first-order valence-electron chi connectivity index (χ1n) is 9.45. The maximum Gasteiger partial charge on any atom is 0.409 e. The predicted molar refractivity (Wildman–Crippen MR) is 106 cm³/mol. The van der Waals surface area contributed by atoms with Gasteiger partial charge in [-0.15, -0.1) is 0 Å². The van der Waals surface area contributed by atoms with Crippen LogP contribution in [0.4, 0.5) is 16.4 Å².